The summed E-state index contributed by atoms with van der Waals surface area (Å²) < 4.78 is 23.5. The first kappa shape index (κ1) is 17.4. The predicted molar refractivity (Wildman–Crippen MR) is 67.9 cm³/mol. The normalized spacial score (nSPS) is 13.4. The van der Waals surface area contributed by atoms with Crippen molar-refractivity contribution in [1.29, 1.82) is 5.26 Å². The summed E-state index contributed by atoms with van der Waals surface area (Å²) in [5.41, 5.74) is -0.792. The fourth-order valence-electron chi connectivity index (χ4n) is 1.22. The van der Waals surface area contributed by atoms with Gasteiger partial charge in [-0.15, -0.1) is 0 Å². The van der Waals surface area contributed by atoms with Crippen LogP contribution >= 0.6 is 0 Å². The largest absolute Gasteiger partial charge is 0.480 e. The zero-order chi connectivity index (χ0) is 15.3. The van der Waals surface area contributed by atoms with E-state index in [4.69, 9.17) is 10.4 Å². The van der Waals surface area contributed by atoms with Gasteiger partial charge in [-0.25, -0.2) is 13.2 Å². The third-order valence-corrected chi connectivity index (χ3v) is 4.10. The van der Waals surface area contributed by atoms with Crippen LogP contribution in [0.25, 0.3) is 0 Å². The van der Waals surface area contributed by atoms with Crippen LogP contribution in [-0.4, -0.2) is 42.9 Å². The Kier molecular flexibility index (Phi) is 5.96. The zero-order valence-corrected chi connectivity index (χ0v) is 12.0. The van der Waals surface area contributed by atoms with Crippen LogP contribution in [0.15, 0.2) is 0 Å². The number of nitriles is 1. The first-order valence-electron chi connectivity index (χ1n) is 5.61. The molecule has 0 rings (SSSR count). The number of carboxylic acids is 1. The SMILES string of the molecule is CC(=O)NC(CS(=O)(=O)CCC(C)(C)C#N)C(=O)O. The third-order valence-electron chi connectivity index (χ3n) is 2.44. The number of sulfone groups is 1. The number of rotatable bonds is 7. The summed E-state index contributed by atoms with van der Waals surface area (Å²) in [5.74, 6) is -2.99. The molecular weight excluding hydrogens is 272 g/mol. The first-order chi connectivity index (χ1) is 8.49. The van der Waals surface area contributed by atoms with E-state index in [2.05, 4.69) is 5.32 Å². The number of hydrogen-bond donors (Lipinski definition) is 2. The van der Waals surface area contributed by atoms with Crippen molar-refractivity contribution < 1.29 is 23.1 Å². The van der Waals surface area contributed by atoms with Crippen LogP contribution in [0.3, 0.4) is 0 Å². The number of nitrogens with zero attached hydrogens (tertiary/aromatic N) is 1. The Bertz CT molecular complexity index is 490. The Morgan fingerprint density at radius 1 is 1.42 bits per heavy atom. The molecule has 0 fully saturated rings. The van der Waals surface area contributed by atoms with Crippen molar-refractivity contribution in [3.05, 3.63) is 0 Å². The van der Waals surface area contributed by atoms with E-state index in [9.17, 15) is 18.0 Å². The van der Waals surface area contributed by atoms with Crippen molar-refractivity contribution in [2.75, 3.05) is 11.5 Å². The second-order valence-corrected chi connectivity index (χ2v) is 7.18. The number of hydrogen-bond acceptors (Lipinski definition) is 5. The first-order valence-corrected chi connectivity index (χ1v) is 7.43. The number of nitrogens with one attached hydrogen (secondary N) is 1. The van der Waals surface area contributed by atoms with Crippen LogP contribution < -0.4 is 5.32 Å². The predicted octanol–water partition coefficient (Wildman–Crippen LogP) is -0.0696. The highest BCUT2D eigenvalue weighted by Gasteiger charge is 2.28. The maximum absolute atomic E-state index is 11.8. The van der Waals surface area contributed by atoms with E-state index >= 15 is 0 Å². The number of carbonyl (C=O) groups is 2. The second kappa shape index (κ2) is 6.52. The van der Waals surface area contributed by atoms with E-state index in [-0.39, 0.29) is 12.2 Å². The van der Waals surface area contributed by atoms with Crippen LogP contribution in [0.5, 0.6) is 0 Å². The van der Waals surface area contributed by atoms with E-state index in [0.29, 0.717) is 0 Å². The van der Waals surface area contributed by atoms with E-state index in [1.165, 1.54) is 0 Å². The molecule has 1 atom stereocenters. The van der Waals surface area contributed by atoms with E-state index < -0.39 is 38.9 Å². The third kappa shape index (κ3) is 7.41. The molecule has 1 unspecified atom stereocenters. The molecule has 2 N–H and O–H groups in total. The van der Waals surface area contributed by atoms with Gasteiger partial charge < -0.3 is 10.4 Å². The molecule has 0 heterocycles. The maximum atomic E-state index is 11.8. The minimum Gasteiger partial charge on any atom is -0.480 e. The molecule has 7 nitrogen and oxygen atoms in total. The molecule has 0 aromatic carbocycles. The molecule has 0 aromatic rings. The van der Waals surface area contributed by atoms with Gasteiger partial charge >= 0.3 is 5.97 Å². The highest BCUT2D eigenvalue weighted by atomic mass is 32.2. The summed E-state index contributed by atoms with van der Waals surface area (Å²) in [6.07, 6.45) is 0.109. The fraction of sp³-hybridized carbons (Fsp3) is 0.727. The van der Waals surface area contributed by atoms with Crippen molar-refractivity contribution in [2.45, 2.75) is 33.2 Å². The van der Waals surface area contributed by atoms with Crippen LogP contribution in [0.1, 0.15) is 27.2 Å². The molecule has 108 valence electrons. The monoisotopic (exact) mass is 290 g/mol. The molecule has 0 saturated carbocycles. The van der Waals surface area contributed by atoms with E-state index in [0.717, 1.165) is 6.92 Å². The molecule has 0 aliphatic rings. The lowest BCUT2D eigenvalue weighted by atomic mass is 9.93. The Morgan fingerprint density at radius 3 is 2.32 bits per heavy atom. The molecule has 1 amide bonds. The number of carbonyl (C=O) groups excluding carboxylic acids is 1. The summed E-state index contributed by atoms with van der Waals surface area (Å²) in [5, 5.41) is 19.7. The van der Waals surface area contributed by atoms with Crippen molar-refractivity contribution in [2.24, 2.45) is 5.41 Å². The number of aliphatic carboxylic acids is 1. The van der Waals surface area contributed by atoms with Gasteiger partial charge in [-0.05, 0) is 20.3 Å². The standard InChI is InChI=1S/C11H18N2O5S/c1-8(14)13-9(10(15)16)6-19(17,18)5-4-11(2,3)7-12/h9H,4-6H2,1-3H3,(H,13,14)(H,15,16). The van der Waals surface area contributed by atoms with Gasteiger partial charge in [0.15, 0.2) is 9.84 Å². The molecule has 0 aliphatic carbocycles. The summed E-state index contributed by atoms with van der Waals surface area (Å²) in [7, 11) is -3.66. The van der Waals surface area contributed by atoms with Gasteiger partial charge in [0.25, 0.3) is 0 Å². The van der Waals surface area contributed by atoms with Crippen LogP contribution in [0.2, 0.25) is 0 Å². The van der Waals surface area contributed by atoms with Gasteiger partial charge in [0.1, 0.15) is 6.04 Å². The van der Waals surface area contributed by atoms with Crippen LogP contribution in [-0.2, 0) is 19.4 Å². The Balaban J connectivity index is 4.71. The second-order valence-electron chi connectivity index (χ2n) is 4.95. The van der Waals surface area contributed by atoms with E-state index in [1.807, 2.05) is 6.07 Å². The van der Waals surface area contributed by atoms with Crippen molar-refractivity contribution in [1.82, 2.24) is 5.32 Å². The van der Waals surface area contributed by atoms with Gasteiger partial charge in [0.05, 0.1) is 23.0 Å². The fourth-order valence-corrected chi connectivity index (χ4v) is 2.95. The summed E-state index contributed by atoms with van der Waals surface area (Å²) in [6, 6.07) is 0.507. The molecule has 0 saturated heterocycles. The molecule has 19 heavy (non-hydrogen) atoms. The average molecular weight is 290 g/mol. The molecule has 0 radical (unpaired) electrons. The highest BCUT2D eigenvalue weighted by molar-refractivity contribution is 7.91. The summed E-state index contributed by atoms with van der Waals surface area (Å²) in [4.78, 5) is 21.6. The topological polar surface area (TPSA) is 124 Å². The Labute approximate surface area is 112 Å². The Hall–Kier alpha value is -1.62. The number of carboxylic acid groups (broad SMARTS) is 1. The molecule has 0 spiro atoms. The van der Waals surface area contributed by atoms with Crippen molar-refractivity contribution in [3.8, 4) is 6.07 Å². The average Bonchev–Trinajstić information content (AvgIpc) is 2.25. The smallest absolute Gasteiger partial charge is 0.327 e. The van der Waals surface area contributed by atoms with Crippen LogP contribution in [0, 0.1) is 16.7 Å². The van der Waals surface area contributed by atoms with Crippen molar-refractivity contribution >= 4 is 21.7 Å². The van der Waals surface area contributed by atoms with Gasteiger partial charge in [0, 0.05) is 6.92 Å². The lowest BCUT2D eigenvalue weighted by Gasteiger charge is -2.17. The van der Waals surface area contributed by atoms with Crippen molar-refractivity contribution in [3.63, 3.8) is 0 Å². The molecule has 0 aliphatic heterocycles. The minimum absolute atomic E-state index is 0.109. The van der Waals surface area contributed by atoms with Gasteiger partial charge in [-0.3, -0.25) is 4.79 Å². The quantitative estimate of drug-likeness (QED) is 0.676. The lowest BCUT2D eigenvalue weighted by Crippen LogP contribution is -2.45. The lowest BCUT2D eigenvalue weighted by molar-refractivity contribution is -0.140. The van der Waals surface area contributed by atoms with Gasteiger partial charge in [0.2, 0.25) is 5.91 Å². The summed E-state index contributed by atoms with van der Waals surface area (Å²) >= 11 is 0. The zero-order valence-electron chi connectivity index (χ0n) is 11.1. The minimum atomic E-state index is -3.66. The highest BCUT2D eigenvalue weighted by Crippen LogP contribution is 2.19. The molecule has 0 bridgehead atoms. The Morgan fingerprint density at radius 2 is 1.95 bits per heavy atom. The van der Waals surface area contributed by atoms with E-state index in [1.54, 1.807) is 13.8 Å². The van der Waals surface area contributed by atoms with Gasteiger partial charge in [-0.1, -0.05) is 0 Å². The van der Waals surface area contributed by atoms with Crippen LogP contribution in [0.4, 0.5) is 0 Å². The maximum Gasteiger partial charge on any atom is 0.327 e. The van der Waals surface area contributed by atoms with Gasteiger partial charge in [-0.2, -0.15) is 5.26 Å². The molecule has 0 aromatic heterocycles. The molecular formula is C11H18N2O5S. The molecule has 8 heteroatoms. The number of amides is 1. The summed E-state index contributed by atoms with van der Waals surface area (Å²) in [6.45, 7) is 4.32.